The van der Waals surface area contributed by atoms with E-state index in [-0.39, 0.29) is 11.1 Å². The summed E-state index contributed by atoms with van der Waals surface area (Å²) in [7, 11) is 0. The molecule has 0 radical (unpaired) electrons. The lowest BCUT2D eigenvalue weighted by Gasteiger charge is -2.03. The first-order chi connectivity index (χ1) is 7.63. The Balaban J connectivity index is 2.78. The van der Waals surface area contributed by atoms with Gasteiger partial charge in [-0.1, -0.05) is 0 Å². The van der Waals surface area contributed by atoms with Crippen LogP contribution in [0.2, 0.25) is 0 Å². The van der Waals surface area contributed by atoms with E-state index in [0.29, 0.717) is 0 Å². The molecule has 0 fully saturated rings. The lowest BCUT2D eigenvalue weighted by atomic mass is 10.2. The molecule has 0 saturated heterocycles. The monoisotopic (exact) mass is 393 g/mol. The number of pyridine rings is 2. The van der Waals surface area contributed by atoms with Gasteiger partial charge in [-0.15, -0.1) is 0 Å². The second-order valence-electron chi connectivity index (χ2n) is 3.06. The highest BCUT2D eigenvalue weighted by atomic mass is 127. The summed E-state index contributed by atoms with van der Waals surface area (Å²) in [5.74, 6) is -0.639. The molecule has 0 unspecified atom stereocenters. The van der Waals surface area contributed by atoms with Crippen molar-refractivity contribution in [2.45, 2.75) is 0 Å². The molecular weight excluding hydrogens is 389 g/mol. The van der Waals surface area contributed by atoms with Crippen LogP contribution >= 0.6 is 38.9 Å². The molecule has 0 aliphatic heterocycles. The van der Waals surface area contributed by atoms with Crippen molar-refractivity contribution in [2.24, 2.45) is 0 Å². The standard InChI is InChI=1S/C10H5BrINO3/c11-6-1-2-7-3-4-8(10(15)16-12)9(14)13(7)5-6/h1-5H. The molecule has 2 aromatic rings. The van der Waals surface area contributed by atoms with E-state index in [2.05, 4.69) is 19.0 Å². The molecule has 6 heteroatoms. The van der Waals surface area contributed by atoms with Crippen LogP contribution in [0.1, 0.15) is 10.4 Å². The lowest BCUT2D eigenvalue weighted by molar-refractivity contribution is 0.0798. The molecule has 0 N–H and O–H groups in total. The van der Waals surface area contributed by atoms with Gasteiger partial charge >= 0.3 is 5.97 Å². The van der Waals surface area contributed by atoms with Crippen molar-refractivity contribution in [1.82, 2.24) is 4.40 Å². The lowest BCUT2D eigenvalue weighted by Crippen LogP contribution is -2.21. The van der Waals surface area contributed by atoms with Gasteiger partial charge in [0, 0.05) is 16.2 Å². The molecule has 2 rings (SSSR count). The van der Waals surface area contributed by atoms with Crippen LogP contribution in [0.5, 0.6) is 0 Å². The third kappa shape index (κ3) is 1.99. The van der Waals surface area contributed by atoms with E-state index in [0.717, 1.165) is 9.99 Å². The minimum atomic E-state index is -0.639. The molecule has 16 heavy (non-hydrogen) atoms. The predicted octanol–water partition coefficient (Wildman–Crippen LogP) is 2.57. The van der Waals surface area contributed by atoms with E-state index in [1.54, 1.807) is 18.3 Å². The summed E-state index contributed by atoms with van der Waals surface area (Å²) in [6, 6.07) is 6.76. The van der Waals surface area contributed by atoms with Gasteiger partial charge in [-0.25, -0.2) is 4.79 Å². The topological polar surface area (TPSA) is 47.8 Å². The van der Waals surface area contributed by atoms with Gasteiger partial charge in [0.25, 0.3) is 5.56 Å². The van der Waals surface area contributed by atoms with Crippen LogP contribution in [-0.4, -0.2) is 10.4 Å². The van der Waals surface area contributed by atoms with Gasteiger partial charge in [0.1, 0.15) is 5.56 Å². The van der Waals surface area contributed by atoms with Crippen LogP contribution in [0.4, 0.5) is 0 Å². The van der Waals surface area contributed by atoms with Crippen LogP contribution in [0.25, 0.3) is 5.52 Å². The van der Waals surface area contributed by atoms with Gasteiger partial charge in [-0.3, -0.25) is 9.20 Å². The van der Waals surface area contributed by atoms with E-state index in [4.69, 9.17) is 0 Å². The number of aromatic nitrogens is 1. The summed E-state index contributed by atoms with van der Waals surface area (Å²) in [4.78, 5) is 23.2. The minimum Gasteiger partial charge on any atom is -0.391 e. The largest absolute Gasteiger partial charge is 0.391 e. The average Bonchev–Trinajstić information content (AvgIpc) is 2.29. The van der Waals surface area contributed by atoms with Gasteiger partial charge < -0.3 is 3.07 Å². The quantitative estimate of drug-likeness (QED) is 0.699. The maximum Gasteiger partial charge on any atom is 0.353 e. The normalized spacial score (nSPS) is 10.4. The third-order valence-corrected chi connectivity index (χ3v) is 2.97. The predicted molar refractivity (Wildman–Crippen MR) is 70.8 cm³/mol. The molecule has 0 aliphatic rings. The Morgan fingerprint density at radius 1 is 1.31 bits per heavy atom. The number of rotatable bonds is 1. The van der Waals surface area contributed by atoms with Crippen molar-refractivity contribution in [2.75, 3.05) is 0 Å². The Morgan fingerprint density at radius 3 is 2.69 bits per heavy atom. The number of hydrogen-bond acceptors (Lipinski definition) is 3. The molecule has 0 amide bonds. The second-order valence-corrected chi connectivity index (χ2v) is 4.42. The van der Waals surface area contributed by atoms with Crippen LogP contribution in [0.15, 0.2) is 39.7 Å². The maximum absolute atomic E-state index is 11.9. The van der Waals surface area contributed by atoms with Crippen molar-refractivity contribution in [3.05, 3.63) is 50.9 Å². The van der Waals surface area contributed by atoms with E-state index in [1.165, 1.54) is 33.5 Å². The van der Waals surface area contributed by atoms with Crippen LogP contribution in [0, 0.1) is 0 Å². The van der Waals surface area contributed by atoms with Gasteiger partial charge in [0.15, 0.2) is 23.0 Å². The molecule has 0 aliphatic carbocycles. The minimum absolute atomic E-state index is 0.0185. The maximum atomic E-state index is 11.9. The summed E-state index contributed by atoms with van der Waals surface area (Å²) in [6.45, 7) is 0. The molecule has 0 bridgehead atoms. The van der Waals surface area contributed by atoms with Crippen molar-refractivity contribution < 1.29 is 7.86 Å². The van der Waals surface area contributed by atoms with Crippen molar-refractivity contribution in [1.29, 1.82) is 0 Å². The zero-order chi connectivity index (χ0) is 11.7. The second kappa shape index (κ2) is 4.54. The Bertz CT molecular complexity index is 623. The third-order valence-electron chi connectivity index (χ3n) is 2.10. The zero-order valence-electron chi connectivity index (χ0n) is 7.81. The molecule has 0 aromatic carbocycles. The molecule has 4 nitrogen and oxygen atoms in total. The number of halogens is 2. The first-order valence-corrected chi connectivity index (χ1v) is 5.94. The van der Waals surface area contributed by atoms with Crippen LogP contribution < -0.4 is 5.56 Å². The summed E-state index contributed by atoms with van der Waals surface area (Å²) >= 11 is 4.72. The molecule has 2 aromatic heterocycles. The fraction of sp³-hybridized carbons (Fsp3) is 0. The zero-order valence-corrected chi connectivity index (χ0v) is 11.6. The molecule has 2 heterocycles. The molecule has 82 valence electrons. The molecule has 0 spiro atoms. The van der Waals surface area contributed by atoms with Crippen LogP contribution in [0.3, 0.4) is 0 Å². The smallest absolute Gasteiger partial charge is 0.353 e. The fourth-order valence-electron chi connectivity index (χ4n) is 1.36. The summed E-state index contributed by atoms with van der Waals surface area (Å²) in [5.41, 5.74) is 0.351. The van der Waals surface area contributed by atoms with Crippen molar-refractivity contribution in [3.63, 3.8) is 0 Å². The molecule has 0 atom stereocenters. The average molecular weight is 394 g/mol. The van der Waals surface area contributed by atoms with E-state index >= 15 is 0 Å². The summed E-state index contributed by atoms with van der Waals surface area (Å²) < 4.78 is 6.66. The number of carbonyl (C=O) groups excluding carboxylic acids is 1. The van der Waals surface area contributed by atoms with Gasteiger partial charge in [-0.2, -0.15) is 0 Å². The molecule has 0 saturated carbocycles. The van der Waals surface area contributed by atoms with Crippen molar-refractivity contribution in [3.8, 4) is 0 Å². The van der Waals surface area contributed by atoms with Crippen molar-refractivity contribution >= 4 is 50.4 Å². The Kier molecular flexibility index (Phi) is 3.29. The first-order valence-electron chi connectivity index (χ1n) is 4.27. The van der Waals surface area contributed by atoms with Gasteiger partial charge in [0.05, 0.1) is 0 Å². The SMILES string of the molecule is O=C(OI)c1ccc2ccc(Br)cn2c1=O. The summed E-state index contributed by atoms with van der Waals surface area (Å²) in [5, 5.41) is 0. The highest BCUT2D eigenvalue weighted by Crippen LogP contribution is 2.11. The number of fused-ring (bicyclic) bond motifs is 1. The molecular formula is C10H5BrINO3. The Labute approximate surface area is 113 Å². The van der Waals surface area contributed by atoms with Crippen LogP contribution in [-0.2, 0) is 3.07 Å². The van der Waals surface area contributed by atoms with E-state index in [1.807, 2.05) is 6.07 Å². The van der Waals surface area contributed by atoms with E-state index in [9.17, 15) is 9.59 Å². The fourth-order valence-corrected chi connectivity index (χ4v) is 1.94. The summed E-state index contributed by atoms with van der Waals surface area (Å²) in [6.07, 6.45) is 1.61. The Morgan fingerprint density at radius 2 is 2.00 bits per heavy atom. The van der Waals surface area contributed by atoms with Gasteiger partial charge in [-0.05, 0) is 40.2 Å². The highest BCUT2D eigenvalue weighted by Gasteiger charge is 2.12. The Hall–Kier alpha value is -0.890. The number of nitrogens with zero attached hydrogens (tertiary/aromatic N) is 1. The van der Waals surface area contributed by atoms with Gasteiger partial charge in [0.2, 0.25) is 0 Å². The first kappa shape index (κ1) is 11.6. The number of hydrogen-bond donors (Lipinski definition) is 0. The van der Waals surface area contributed by atoms with E-state index < -0.39 is 5.97 Å². The highest BCUT2D eigenvalue weighted by molar-refractivity contribution is 14.1. The number of carbonyl (C=O) groups is 1.